The van der Waals surface area contributed by atoms with E-state index in [9.17, 15) is 4.79 Å². The van der Waals surface area contributed by atoms with Gasteiger partial charge in [-0.15, -0.1) is 0 Å². The molecule has 0 atom stereocenters. The summed E-state index contributed by atoms with van der Waals surface area (Å²) in [5.41, 5.74) is 5.54. The fourth-order valence-electron chi connectivity index (χ4n) is 2.51. The molecule has 5 nitrogen and oxygen atoms in total. The van der Waals surface area contributed by atoms with Crippen molar-refractivity contribution in [1.29, 1.82) is 0 Å². The van der Waals surface area contributed by atoms with Crippen LogP contribution in [0.4, 0.5) is 0 Å². The summed E-state index contributed by atoms with van der Waals surface area (Å²) in [6.45, 7) is 4.61. The minimum atomic E-state index is -0.117. The molecule has 0 aliphatic carbocycles. The lowest BCUT2D eigenvalue weighted by molar-refractivity contribution is 0.0951. The second kappa shape index (κ2) is 5.50. The summed E-state index contributed by atoms with van der Waals surface area (Å²) >= 11 is 5.82. The van der Waals surface area contributed by atoms with E-state index in [0.29, 0.717) is 17.4 Å². The fraction of sp³-hybridized carbons (Fsp3) is 0.250. The van der Waals surface area contributed by atoms with E-state index < -0.39 is 0 Å². The Morgan fingerprint density at radius 3 is 2.82 bits per heavy atom. The summed E-state index contributed by atoms with van der Waals surface area (Å²) in [6, 6.07) is 7.38. The molecule has 0 saturated carbocycles. The van der Waals surface area contributed by atoms with Gasteiger partial charge in [0.2, 0.25) is 5.28 Å². The van der Waals surface area contributed by atoms with Crippen molar-refractivity contribution in [2.45, 2.75) is 20.4 Å². The maximum absolute atomic E-state index is 12.3. The molecule has 2 heterocycles. The van der Waals surface area contributed by atoms with Crippen LogP contribution in [0.25, 0.3) is 11.0 Å². The third-order valence-corrected chi connectivity index (χ3v) is 4.21. The number of imidazole rings is 1. The van der Waals surface area contributed by atoms with Gasteiger partial charge >= 0.3 is 0 Å². The Bertz CT molecular complexity index is 863. The number of aromatic amines is 1. The third kappa shape index (κ3) is 2.60. The summed E-state index contributed by atoms with van der Waals surface area (Å²) in [6.07, 6.45) is 0. The van der Waals surface area contributed by atoms with Crippen molar-refractivity contribution in [1.82, 2.24) is 19.9 Å². The Morgan fingerprint density at radius 1 is 1.36 bits per heavy atom. The summed E-state index contributed by atoms with van der Waals surface area (Å²) in [5, 5.41) is 3.27. The van der Waals surface area contributed by atoms with Gasteiger partial charge in [-0.3, -0.25) is 4.79 Å². The Kier molecular flexibility index (Phi) is 3.66. The number of halogens is 1. The third-order valence-electron chi connectivity index (χ3n) is 4.03. The van der Waals surface area contributed by atoms with Crippen molar-refractivity contribution in [2.24, 2.45) is 7.05 Å². The normalized spacial score (nSPS) is 11.1. The summed E-state index contributed by atoms with van der Waals surface area (Å²) in [7, 11) is 2.02. The number of hydrogen-bond acceptors (Lipinski definition) is 2. The van der Waals surface area contributed by atoms with Crippen LogP contribution in [0.15, 0.2) is 24.3 Å². The molecule has 0 aliphatic heterocycles. The molecule has 22 heavy (non-hydrogen) atoms. The number of fused-ring (bicyclic) bond motifs is 1. The van der Waals surface area contributed by atoms with Crippen LogP contribution in [0.1, 0.15) is 27.3 Å². The van der Waals surface area contributed by atoms with E-state index in [4.69, 9.17) is 11.6 Å². The predicted octanol–water partition coefficient (Wildman–Crippen LogP) is 3.10. The van der Waals surface area contributed by atoms with E-state index in [1.165, 1.54) is 5.69 Å². The number of H-pyrrole nitrogens is 1. The highest BCUT2D eigenvalue weighted by atomic mass is 35.5. The van der Waals surface area contributed by atoms with E-state index in [1.807, 2.05) is 20.9 Å². The van der Waals surface area contributed by atoms with Gasteiger partial charge < -0.3 is 14.9 Å². The van der Waals surface area contributed by atoms with Crippen molar-refractivity contribution in [3.63, 3.8) is 0 Å². The summed E-state index contributed by atoms with van der Waals surface area (Å²) in [4.78, 5) is 19.3. The lowest BCUT2D eigenvalue weighted by Gasteiger charge is -2.06. The molecular formula is C16H17ClN4O. The molecule has 0 saturated heterocycles. The van der Waals surface area contributed by atoms with Gasteiger partial charge in [0.25, 0.3) is 5.91 Å². The first kappa shape index (κ1) is 14.7. The maximum Gasteiger partial charge on any atom is 0.251 e. The number of amides is 1. The first-order chi connectivity index (χ1) is 10.5. The van der Waals surface area contributed by atoms with Gasteiger partial charge in [0, 0.05) is 30.5 Å². The Hall–Kier alpha value is -2.27. The lowest BCUT2D eigenvalue weighted by Crippen LogP contribution is -2.23. The Balaban J connectivity index is 1.76. The molecule has 0 radical (unpaired) electrons. The van der Waals surface area contributed by atoms with Gasteiger partial charge in [-0.1, -0.05) is 0 Å². The van der Waals surface area contributed by atoms with Gasteiger partial charge in [0.05, 0.1) is 11.0 Å². The lowest BCUT2D eigenvalue weighted by atomic mass is 10.1. The molecule has 0 unspecified atom stereocenters. The van der Waals surface area contributed by atoms with Gasteiger partial charge in [0.1, 0.15) is 0 Å². The van der Waals surface area contributed by atoms with Crippen LogP contribution in [0.2, 0.25) is 5.28 Å². The van der Waals surface area contributed by atoms with E-state index >= 15 is 0 Å². The Morgan fingerprint density at radius 2 is 2.14 bits per heavy atom. The number of nitrogens with zero attached hydrogens (tertiary/aromatic N) is 2. The highest BCUT2D eigenvalue weighted by Crippen LogP contribution is 2.17. The van der Waals surface area contributed by atoms with Crippen molar-refractivity contribution >= 4 is 28.5 Å². The zero-order valence-electron chi connectivity index (χ0n) is 12.7. The van der Waals surface area contributed by atoms with Gasteiger partial charge in [-0.05, 0) is 55.3 Å². The van der Waals surface area contributed by atoms with Crippen LogP contribution in [0.5, 0.6) is 0 Å². The first-order valence-electron chi connectivity index (χ1n) is 7.01. The first-order valence-corrected chi connectivity index (χ1v) is 7.39. The monoisotopic (exact) mass is 316 g/mol. The number of hydrogen-bond donors (Lipinski definition) is 2. The van der Waals surface area contributed by atoms with Crippen LogP contribution >= 0.6 is 11.6 Å². The molecule has 3 aromatic rings. The number of rotatable bonds is 3. The smallest absolute Gasteiger partial charge is 0.251 e. The zero-order valence-corrected chi connectivity index (χ0v) is 13.5. The molecule has 0 spiro atoms. The van der Waals surface area contributed by atoms with Crippen molar-refractivity contribution in [2.75, 3.05) is 0 Å². The second-order valence-electron chi connectivity index (χ2n) is 5.40. The number of carbonyl (C=O) groups is 1. The number of aromatic nitrogens is 3. The van der Waals surface area contributed by atoms with Crippen molar-refractivity contribution in [3.8, 4) is 0 Å². The quantitative estimate of drug-likeness (QED) is 0.780. The highest BCUT2D eigenvalue weighted by molar-refractivity contribution is 6.29. The minimum absolute atomic E-state index is 0.117. The van der Waals surface area contributed by atoms with Crippen LogP contribution in [-0.4, -0.2) is 20.4 Å². The molecule has 0 aliphatic rings. The second-order valence-corrected chi connectivity index (χ2v) is 5.76. The summed E-state index contributed by atoms with van der Waals surface area (Å²) in [5.74, 6) is -0.117. The topological polar surface area (TPSA) is 62.7 Å². The van der Waals surface area contributed by atoms with Crippen molar-refractivity contribution in [3.05, 3.63) is 52.1 Å². The van der Waals surface area contributed by atoms with Gasteiger partial charge in [-0.2, -0.15) is 0 Å². The van der Waals surface area contributed by atoms with Gasteiger partial charge in [-0.25, -0.2) is 4.98 Å². The average molecular weight is 317 g/mol. The SMILES string of the molecule is Cc1cc(CNC(=O)c2ccc3nc(Cl)[nH]c3c2)c(C)n1C. The standard InChI is InChI=1S/C16H17ClN4O/c1-9-6-12(10(2)21(9)3)8-18-15(22)11-4-5-13-14(7-11)20-16(17)19-13/h4-7H,8H2,1-3H3,(H,18,22)(H,19,20). The average Bonchev–Trinajstić information content (AvgIpc) is 2.98. The maximum atomic E-state index is 12.3. The molecule has 6 heteroatoms. The number of benzene rings is 1. The fourth-order valence-corrected chi connectivity index (χ4v) is 2.70. The largest absolute Gasteiger partial charge is 0.352 e. The Labute approximate surface area is 133 Å². The van der Waals surface area contributed by atoms with E-state index in [2.05, 4.69) is 25.9 Å². The molecule has 114 valence electrons. The van der Waals surface area contributed by atoms with Crippen molar-refractivity contribution < 1.29 is 4.79 Å². The van der Waals surface area contributed by atoms with Crippen LogP contribution in [-0.2, 0) is 13.6 Å². The molecule has 0 fully saturated rings. The molecule has 0 bridgehead atoms. The van der Waals surface area contributed by atoms with E-state index in [1.54, 1.807) is 18.2 Å². The molecule has 2 aromatic heterocycles. The molecule has 2 N–H and O–H groups in total. The van der Waals surface area contributed by atoms with Crippen LogP contribution in [0.3, 0.4) is 0 Å². The van der Waals surface area contributed by atoms with Gasteiger partial charge in [0.15, 0.2) is 0 Å². The van der Waals surface area contributed by atoms with E-state index in [0.717, 1.165) is 22.3 Å². The predicted molar refractivity (Wildman–Crippen MR) is 87.2 cm³/mol. The zero-order chi connectivity index (χ0) is 15.9. The molecule has 1 amide bonds. The minimum Gasteiger partial charge on any atom is -0.352 e. The summed E-state index contributed by atoms with van der Waals surface area (Å²) < 4.78 is 2.11. The van der Waals surface area contributed by atoms with Crippen LogP contribution in [0, 0.1) is 13.8 Å². The highest BCUT2D eigenvalue weighted by Gasteiger charge is 2.11. The number of aryl methyl sites for hydroxylation is 1. The molecule has 3 rings (SSSR count). The van der Waals surface area contributed by atoms with E-state index in [-0.39, 0.29) is 5.91 Å². The number of nitrogens with one attached hydrogen (secondary N) is 2. The molecular weight excluding hydrogens is 300 g/mol. The van der Waals surface area contributed by atoms with Crippen LogP contribution < -0.4 is 5.32 Å². The molecule has 1 aromatic carbocycles. The number of carbonyl (C=O) groups excluding carboxylic acids is 1.